The van der Waals surface area contributed by atoms with Gasteiger partial charge in [0.15, 0.2) is 0 Å². The molecular formula is C27H27NO3. The first-order chi connectivity index (χ1) is 15.2. The number of hydrogen-bond acceptors (Lipinski definition) is 3. The van der Waals surface area contributed by atoms with Crippen LogP contribution in [0.25, 0.3) is 11.1 Å². The maximum absolute atomic E-state index is 13.4. The molecule has 0 aromatic heterocycles. The first kappa shape index (κ1) is 19.8. The van der Waals surface area contributed by atoms with Crippen LogP contribution in [0.5, 0.6) is 5.75 Å². The molecule has 2 heterocycles. The molecule has 2 saturated heterocycles. The average molecular weight is 414 g/mol. The van der Waals surface area contributed by atoms with Gasteiger partial charge in [0, 0.05) is 25.1 Å². The van der Waals surface area contributed by atoms with Crippen molar-refractivity contribution in [2.45, 2.75) is 31.0 Å². The topological polar surface area (TPSA) is 38.8 Å². The van der Waals surface area contributed by atoms with Crippen LogP contribution in [0.4, 0.5) is 0 Å². The Morgan fingerprint density at radius 2 is 1.52 bits per heavy atom. The zero-order valence-electron chi connectivity index (χ0n) is 17.6. The van der Waals surface area contributed by atoms with E-state index in [4.69, 9.17) is 9.47 Å². The molecule has 1 unspecified atom stereocenters. The summed E-state index contributed by atoms with van der Waals surface area (Å²) in [5.74, 6) is 0.989. The quantitative estimate of drug-likeness (QED) is 0.590. The predicted octanol–water partition coefficient (Wildman–Crippen LogP) is 5.20. The molecule has 158 valence electrons. The number of rotatable bonds is 4. The highest BCUT2D eigenvalue weighted by molar-refractivity contribution is 6.00. The lowest BCUT2D eigenvalue weighted by molar-refractivity contribution is -0.0395. The fourth-order valence-corrected chi connectivity index (χ4v) is 4.74. The van der Waals surface area contributed by atoms with Gasteiger partial charge in [-0.05, 0) is 42.2 Å². The molecule has 1 spiro atoms. The van der Waals surface area contributed by atoms with Gasteiger partial charge < -0.3 is 14.4 Å². The Labute approximate surface area is 183 Å². The second-order valence-corrected chi connectivity index (χ2v) is 8.45. The van der Waals surface area contributed by atoms with Gasteiger partial charge in [-0.1, -0.05) is 66.7 Å². The lowest BCUT2D eigenvalue weighted by atomic mass is 9.87. The Bertz CT molecular complexity index is 1030. The van der Waals surface area contributed by atoms with Crippen molar-refractivity contribution in [2.24, 2.45) is 0 Å². The van der Waals surface area contributed by atoms with Crippen LogP contribution in [0.2, 0.25) is 0 Å². The Morgan fingerprint density at radius 1 is 0.871 bits per heavy atom. The molecule has 5 rings (SSSR count). The summed E-state index contributed by atoms with van der Waals surface area (Å²) in [6.07, 6.45) is 2.65. The third-order valence-corrected chi connectivity index (χ3v) is 6.43. The molecular weight excluding hydrogens is 386 g/mol. The van der Waals surface area contributed by atoms with Gasteiger partial charge in [-0.15, -0.1) is 0 Å². The van der Waals surface area contributed by atoms with Crippen molar-refractivity contribution in [3.63, 3.8) is 0 Å². The van der Waals surface area contributed by atoms with Gasteiger partial charge in [0.2, 0.25) is 0 Å². The summed E-state index contributed by atoms with van der Waals surface area (Å²) >= 11 is 0. The van der Waals surface area contributed by atoms with Crippen LogP contribution in [0.1, 0.15) is 29.6 Å². The number of likely N-dealkylation sites (tertiary alicyclic amines) is 1. The van der Waals surface area contributed by atoms with E-state index in [0.29, 0.717) is 19.7 Å². The van der Waals surface area contributed by atoms with E-state index in [9.17, 15) is 4.79 Å². The number of piperidine rings is 1. The molecule has 0 radical (unpaired) electrons. The molecule has 4 nitrogen and oxygen atoms in total. The van der Waals surface area contributed by atoms with Crippen LogP contribution >= 0.6 is 0 Å². The molecule has 0 aliphatic carbocycles. The van der Waals surface area contributed by atoms with Crippen LogP contribution in [0, 0.1) is 0 Å². The molecule has 2 fully saturated rings. The van der Waals surface area contributed by atoms with Crippen LogP contribution in [0.3, 0.4) is 0 Å². The maximum Gasteiger partial charge on any atom is 0.254 e. The third-order valence-electron chi connectivity index (χ3n) is 6.43. The number of carbonyl (C=O) groups excluding carboxylic acids is 1. The van der Waals surface area contributed by atoms with Crippen molar-refractivity contribution in [3.05, 3.63) is 90.5 Å². The summed E-state index contributed by atoms with van der Waals surface area (Å²) in [6, 6.07) is 27.9. The zero-order chi connectivity index (χ0) is 21.1. The van der Waals surface area contributed by atoms with Gasteiger partial charge >= 0.3 is 0 Å². The highest BCUT2D eigenvalue weighted by Crippen LogP contribution is 2.38. The number of nitrogens with zero attached hydrogens (tertiary/aromatic N) is 1. The molecule has 3 aromatic rings. The highest BCUT2D eigenvalue weighted by atomic mass is 16.6. The Hall–Kier alpha value is -3.11. The van der Waals surface area contributed by atoms with Gasteiger partial charge in [-0.3, -0.25) is 4.79 Å². The summed E-state index contributed by atoms with van der Waals surface area (Å²) in [5, 5.41) is 0. The van der Waals surface area contributed by atoms with Crippen molar-refractivity contribution < 1.29 is 14.3 Å². The lowest BCUT2D eigenvalue weighted by Gasteiger charge is -2.38. The number of amides is 1. The van der Waals surface area contributed by atoms with Gasteiger partial charge in [-0.25, -0.2) is 0 Å². The van der Waals surface area contributed by atoms with E-state index < -0.39 is 0 Å². The predicted molar refractivity (Wildman–Crippen MR) is 121 cm³/mol. The van der Waals surface area contributed by atoms with Gasteiger partial charge in [0.05, 0.1) is 12.2 Å². The number of carbonyl (C=O) groups is 1. The summed E-state index contributed by atoms with van der Waals surface area (Å²) in [5.41, 5.74) is 2.65. The van der Waals surface area contributed by atoms with E-state index in [1.807, 2.05) is 77.7 Å². The molecule has 31 heavy (non-hydrogen) atoms. The molecule has 3 aromatic carbocycles. The molecule has 2 aliphatic heterocycles. The van der Waals surface area contributed by atoms with E-state index in [1.54, 1.807) is 0 Å². The Morgan fingerprint density at radius 3 is 2.26 bits per heavy atom. The lowest BCUT2D eigenvalue weighted by Crippen LogP contribution is -2.46. The van der Waals surface area contributed by atoms with E-state index in [0.717, 1.165) is 41.7 Å². The van der Waals surface area contributed by atoms with Crippen LogP contribution in [-0.4, -0.2) is 42.2 Å². The summed E-state index contributed by atoms with van der Waals surface area (Å²) in [6.45, 7) is 2.03. The van der Waals surface area contributed by atoms with Crippen molar-refractivity contribution in [1.29, 1.82) is 0 Å². The molecule has 0 bridgehead atoms. The minimum Gasteiger partial charge on any atom is -0.488 e. The van der Waals surface area contributed by atoms with Crippen molar-refractivity contribution >= 4 is 5.91 Å². The van der Waals surface area contributed by atoms with Crippen molar-refractivity contribution in [1.82, 2.24) is 4.90 Å². The molecule has 1 atom stereocenters. The van der Waals surface area contributed by atoms with Crippen LogP contribution in [0.15, 0.2) is 84.9 Å². The number of benzene rings is 3. The Kier molecular flexibility index (Phi) is 5.47. The Balaban J connectivity index is 1.24. The summed E-state index contributed by atoms with van der Waals surface area (Å²) in [7, 11) is 0. The zero-order valence-corrected chi connectivity index (χ0v) is 17.6. The smallest absolute Gasteiger partial charge is 0.254 e. The minimum absolute atomic E-state index is 0.0726. The van der Waals surface area contributed by atoms with Gasteiger partial charge in [-0.2, -0.15) is 0 Å². The molecule has 0 saturated carbocycles. The van der Waals surface area contributed by atoms with Crippen molar-refractivity contribution in [2.75, 3.05) is 19.7 Å². The normalized spacial score (nSPS) is 20.0. The second kappa shape index (κ2) is 8.56. The fourth-order valence-electron chi connectivity index (χ4n) is 4.74. The summed E-state index contributed by atoms with van der Waals surface area (Å²) < 4.78 is 12.3. The minimum atomic E-state index is -0.171. The third kappa shape index (κ3) is 4.21. The van der Waals surface area contributed by atoms with E-state index >= 15 is 0 Å². The first-order valence-electron chi connectivity index (χ1n) is 11.0. The summed E-state index contributed by atoms with van der Waals surface area (Å²) in [4.78, 5) is 15.3. The fraction of sp³-hybridized carbons (Fsp3) is 0.296. The largest absolute Gasteiger partial charge is 0.488 e. The standard InChI is InChI=1S/C27H27NO3/c29-26(25-14-8-7-13-24(25)21-9-3-1-4-10-21)28-17-15-27(16-18-28)19-23(20-30-27)31-22-11-5-2-6-12-22/h1-14,23H,15-20H2. The van der Waals surface area contributed by atoms with Gasteiger partial charge in [0.25, 0.3) is 5.91 Å². The first-order valence-corrected chi connectivity index (χ1v) is 11.0. The highest BCUT2D eigenvalue weighted by Gasteiger charge is 2.44. The number of ether oxygens (including phenoxy) is 2. The molecule has 1 amide bonds. The number of hydrogen-bond donors (Lipinski definition) is 0. The molecule has 2 aliphatic rings. The van der Waals surface area contributed by atoms with E-state index in [-0.39, 0.29) is 17.6 Å². The average Bonchev–Trinajstić information content (AvgIpc) is 3.22. The van der Waals surface area contributed by atoms with Crippen LogP contribution in [-0.2, 0) is 4.74 Å². The van der Waals surface area contributed by atoms with E-state index in [2.05, 4.69) is 12.1 Å². The maximum atomic E-state index is 13.4. The number of para-hydroxylation sites is 1. The van der Waals surface area contributed by atoms with Crippen molar-refractivity contribution in [3.8, 4) is 16.9 Å². The van der Waals surface area contributed by atoms with E-state index in [1.165, 1.54) is 0 Å². The van der Waals surface area contributed by atoms with Crippen LogP contribution < -0.4 is 4.74 Å². The second-order valence-electron chi connectivity index (χ2n) is 8.45. The molecule has 0 N–H and O–H groups in total. The monoisotopic (exact) mass is 413 g/mol. The SMILES string of the molecule is O=C(c1ccccc1-c1ccccc1)N1CCC2(CC1)CC(Oc1ccccc1)CO2. The molecule has 4 heteroatoms. The van der Waals surface area contributed by atoms with Gasteiger partial charge in [0.1, 0.15) is 11.9 Å².